The number of carbonyl (C=O) groups excluding carboxylic acids is 1. The van der Waals surface area contributed by atoms with Crippen LogP contribution in [-0.2, 0) is 9.53 Å². The van der Waals surface area contributed by atoms with E-state index in [0.717, 1.165) is 54.8 Å². The largest absolute Gasteiger partial charge is 0.462 e. The zero-order chi connectivity index (χ0) is 30.9. The molecule has 0 aliphatic heterocycles. The molecule has 0 amide bonds. The van der Waals surface area contributed by atoms with Crippen LogP contribution in [0.25, 0.3) is 0 Å². The van der Waals surface area contributed by atoms with Gasteiger partial charge in [-0.05, 0) is 97.7 Å². The first-order chi connectivity index (χ1) is 20.7. The summed E-state index contributed by atoms with van der Waals surface area (Å²) < 4.78 is 6.11. The van der Waals surface area contributed by atoms with Crippen LogP contribution in [0.4, 0.5) is 0 Å². The molecular formula is C41H72O2. The summed E-state index contributed by atoms with van der Waals surface area (Å²) >= 11 is 0. The molecule has 0 aromatic rings. The van der Waals surface area contributed by atoms with Crippen molar-refractivity contribution in [2.45, 2.75) is 195 Å². The number of fused-ring (bicyclic) bond motifs is 5. The highest BCUT2D eigenvalue weighted by molar-refractivity contribution is 5.69. The molecule has 0 unspecified atom stereocenters. The molecule has 3 saturated carbocycles. The zero-order valence-corrected chi connectivity index (χ0v) is 29.7. The lowest BCUT2D eigenvalue weighted by atomic mass is 9.47. The molecule has 0 aromatic heterocycles. The zero-order valence-electron chi connectivity index (χ0n) is 29.7. The Balaban J connectivity index is 1.19. The maximum absolute atomic E-state index is 12.7. The predicted octanol–water partition coefficient (Wildman–Crippen LogP) is 12.6. The Kier molecular flexibility index (Phi) is 13.6. The third-order valence-corrected chi connectivity index (χ3v) is 13.5. The molecule has 4 aliphatic rings. The molecule has 248 valence electrons. The maximum atomic E-state index is 12.7. The van der Waals surface area contributed by atoms with Crippen LogP contribution in [0, 0.1) is 46.3 Å². The van der Waals surface area contributed by atoms with E-state index in [-0.39, 0.29) is 12.1 Å². The standard InChI is InChI=1S/C41H72O2/c1-7-8-9-10-11-12-13-14-15-16-17-21-39(42)43-34-26-28-40(5)33(30-34)22-23-35-37-25-24-36(32(4)20-18-19-31(2)3)41(37,6)29-27-38(35)40/h22,31-32,34-38H,7-21,23-30H2,1-6H3/t32-,34+,35-,36+,37-,38-,40-,41+/m0/s1. The first-order valence-corrected chi connectivity index (χ1v) is 19.6. The van der Waals surface area contributed by atoms with Gasteiger partial charge in [0.25, 0.3) is 0 Å². The van der Waals surface area contributed by atoms with Gasteiger partial charge in [-0.3, -0.25) is 4.79 Å². The smallest absolute Gasteiger partial charge is 0.306 e. The van der Waals surface area contributed by atoms with E-state index in [4.69, 9.17) is 4.74 Å². The van der Waals surface area contributed by atoms with Crippen molar-refractivity contribution in [3.63, 3.8) is 0 Å². The van der Waals surface area contributed by atoms with E-state index in [9.17, 15) is 4.79 Å². The predicted molar refractivity (Wildman–Crippen MR) is 184 cm³/mol. The van der Waals surface area contributed by atoms with Gasteiger partial charge in [0.2, 0.25) is 0 Å². The van der Waals surface area contributed by atoms with Gasteiger partial charge in [0, 0.05) is 12.8 Å². The van der Waals surface area contributed by atoms with Crippen LogP contribution >= 0.6 is 0 Å². The fourth-order valence-electron chi connectivity index (χ4n) is 10.9. The Morgan fingerprint density at radius 1 is 0.814 bits per heavy atom. The number of unbranched alkanes of at least 4 members (excludes halogenated alkanes) is 10. The Labute approximate surface area is 268 Å². The van der Waals surface area contributed by atoms with Crippen LogP contribution in [0.3, 0.4) is 0 Å². The lowest BCUT2D eigenvalue weighted by Gasteiger charge is -2.58. The topological polar surface area (TPSA) is 26.3 Å². The molecule has 2 nitrogen and oxygen atoms in total. The molecule has 3 fully saturated rings. The highest BCUT2D eigenvalue weighted by atomic mass is 16.5. The quantitative estimate of drug-likeness (QED) is 0.0893. The first kappa shape index (κ1) is 35.1. The average molecular weight is 597 g/mol. The molecule has 0 radical (unpaired) electrons. The van der Waals surface area contributed by atoms with Crippen molar-refractivity contribution in [1.29, 1.82) is 0 Å². The van der Waals surface area contributed by atoms with Crippen molar-refractivity contribution >= 4 is 5.97 Å². The summed E-state index contributed by atoms with van der Waals surface area (Å²) in [5, 5.41) is 0. The first-order valence-electron chi connectivity index (χ1n) is 19.6. The van der Waals surface area contributed by atoms with Crippen molar-refractivity contribution in [2.24, 2.45) is 46.3 Å². The summed E-state index contributed by atoms with van der Waals surface area (Å²) in [6.07, 6.45) is 32.5. The van der Waals surface area contributed by atoms with Crippen LogP contribution < -0.4 is 0 Å². The Morgan fingerprint density at radius 3 is 2.16 bits per heavy atom. The number of allylic oxidation sites excluding steroid dienone is 1. The van der Waals surface area contributed by atoms with Gasteiger partial charge in [-0.25, -0.2) is 0 Å². The Morgan fingerprint density at radius 2 is 1.49 bits per heavy atom. The van der Waals surface area contributed by atoms with E-state index in [2.05, 4.69) is 47.6 Å². The van der Waals surface area contributed by atoms with E-state index < -0.39 is 0 Å². The van der Waals surface area contributed by atoms with Crippen LogP contribution in [0.5, 0.6) is 0 Å². The maximum Gasteiger partial charge on any atom is 0.306 e. The van der Waals surface area contributed by atoms with Gasteiger partial charge in [0.15, 0.2) is 0 Å². The Hall–Kier alpha value is -0.790. The van der Waals surface area contributed by atoms with Crippen LogP contribution in [0.15, 0.2) is 11.6 Å². The minimum Gasteiger partial charge on any atom is -0.462 e. The van der Waals surface area contributed by atoms with Gasteiger partial charge in [-0.1, -0.05) is 137 Å². The second-order valence-corrected chi connectivity index (χ2v) is 16.9. The summed E-state index contributed by atoms with van der Waals surface area (Å²) in [5.41, 5.74) is 2.54. The second kappa shape index (κ2) is 16.7. The van der Waals surface area contributed by atoms with Crippen molar-refractivity contribution in [2.75, 3.05) is 0 Å². The number of esters is 1. The molecule has 2 heteroatoms. The van der Waals surface area contributed by atoms with E-state index in [1.165, 1.54) is 122 Å². The van der Waals surface area contributed by atoms with Gasteiger partial charge >= 0.3 is 5.97 Å². The highest BCUT2D eigenvalue weighted by Gasteiger charge is 2.59. The van der Waals surface area contributed by atoms with Crippen LogP contribution in [0.2, 0.25) is 0 Å². The summed E-state index contributed by atoms with van der Waals surface area (Å²) in [7, 11) is 0. The molecule has 0 bridgehead atoms. The fraction of sp³-hybridized carbons (Fsp3) is 0.927. The van der Waals surface area contributed by atoms with E-state index in [1.807, 2.05) is 0 Å². The van der Waals surface area contributed by atoms with Gasteiger partial charge in [0.05, 0.1) is 0 Å². The lowest BCUT2D eigenvalue weighted by Crippen LogP contribution is -2.51. The molecule has 0 aromatic carbocycles. The molecule has 0 spiro atoms. The average Bonchev–Trinajstić information content (AvgIpc) is 3.33. The summed E-state index contributed by atoms with van der Waals surface area (Å²) in [6.45, 7) is 14.9. The molecule has 0 saturated heterocycles. The van der Waals surface area contributed by atoms with E-state index >= 15 is 0 Å². The molecule has 4 aliphatic carbocycles. The van der Waals surface area contributed by atoms with Gasteiger partial charge in [0.1, 0.15) is 6.10 Å². The molecule has 8 atom stereocenters. The monoisotopic (exact) mass is 597 g/mol. The summed E-state index contributed by atoms with van der Waals surface area (Å²) in [5.74, 6) is 5.34. The minimum absolute atomic E-state index is 0.0618. The lowest BCUT2D eigenvalue weighted by molar-refractivity contribution is -0.151. The number of carbonyl (C=O) groups is 1. The normalized spacial score (nSPS) is 34.3. The van der Waals surface area contributed by atoms with Gasteiger partial charge < -0.3 is 4.74 Å². The van der Waals surface area contributed by atoms with Gasteiger partial charge in [-0.15, -0.1) is 0 Å². The second-order valence-electron chi connectivity index (χ2n) is 16.9. The molecule has 43 heavy (non-hydrogen) atoms. The van der Waals surface area contributed by atoms with Crippen molar-refractivity contribution < 1.29 is 9.53 Å². The third-order valence-electron chi connectivity index (χ3n) is 13.5. The van der Waals surface area contributed by atoms with Crippen molar-refractivity contribution in [1.82, 2.24) is 0 Å². The number of hydrogen-bond donors (Lipinski definition) is 0. The minimum atomic E-state index is 0.0618. The van der Waals surface area contributed by atoms with Crippen LogP contribution in [-0.4, -0.2) is 12.1 Å². The van der Waals surface area contributed by atoms with Gasteiger partial charge in [-0.2, -0.15) is 0 Å². The molecule has 0 N–H and O–H groups in total. The third kappa shape index (κ3) is 8.93. The number of rotatable bonds is 18. The molecule has 4 rings (SSSR count). The summed E-state index contributed by atoms with van der Waals surface area (Å²) in [4.78, 5) is 12.7. The number of ether oxygens (including phenoxy) is 1. The van der Waals surface area contributed by atoms with E-state index in [0.29, 0.717) is 17.3 Å². The van der Waals surface area contributed by atoms with E-state index in [1.54, 1.807) is 5.57 Å². The Bertz CT molecular complexity index is 873. The van der Waals surface area contributed by atoms with Crippen LogP contribution in [0.1, 0.15) is 189 Å². The SMILES string of the molecule is CCCCCCCCCCCCCC(=O)O[C@@H]1CC[C@@]2(C)C(=CC[C@H]3[C@@H]4CC[C@H]([C@@H](C)CCCC(C)C)[C@@]4(C)CC[C@@H]32)C1. The fourth-order valence-corrected chi connectivity index (χ4v) is 10.9. The van der Waals surface area contributed by atoms with Crippen molar-refractivity contribution in [3.8, 4) is 0 Å². The summed E-state index contributed by atoms with van der Waals surface area (Å²) in [6, 6.07) is 0. The number of hydrogen-bond acceptors (Lipinski definition) is 2. The molecule has 0 heterocycles. The highest BCUT2D eigenvalue weighted by Crippen LogP contribution is 2.67. The van der Waals surface area contributed by atoms with Crippen molar-refractivity contribution in [3.05, 3.63) is 11.6 Å². The molecular weight excluding hydrogens is 524 g/mol.